The van der Waals surface area contributed by atoms with Crippen molar-refractivity contribution in [1.29, 1.82) is 0 Å². The molecule has 7 aromatic carbocycles. The Labute approximate surface area is 287 Å². The monoisotopic (exact) mass is 640 g/mol. The van der Waals surface area contributed by atoms with Gasteiger partial charge in [-0.3, -0.25) is 0 Å². The molecule has 5 heteroatoms. The van der Waals surface area contributed by atoms with Crippen molar-refractivity contribution >= 4 is 43.7 Å². The van der Waals surface area contributed by atoms with Crippen LogP contribution in [0.4, 0.5) is 0 Å². The normalized spacial score (nSPS) is 11.6. The van der Waals surface area contributed by atoms with E-state index in [4.69, 9.17) is 19.4 Å². The summed E-state index contributed by atoms with van der Waals surface area (Å²) in [6.45, 7) is 0. The SMILES string of the molecule is c1ccc(-c2nc(-c3ccccc3)nc(-c3cccc(-c4ccc(-n5c6ccccc6c6ccc7oc8ccccc8c7c65)cc4)c3)n2)cc1. The van der Waals surface area contributed by atoms with E-state index >= 15 is 0 Å². The predicted octanol–water partition coefficient (Wildman–Crippen LogP) is 11.5. The molecular formula is C45H28N4O. The fourth-order valence-electron chi connectivity index (χ4n) is 7.11. The molecule has 0 amide bonds. The molecule has 0 radical (unpaired) electrons. The van der Waals surface area contributed by atoms with Crippen LogP contribution in [-0.4, -0.2) is 19.5 Å². The maximum absolute atomic E-state index is 6.31. The molecule has 0 spiro atoms. The predicted molar refractivity (Wildman–Crippen MR) is 203 cm³/mol. The summed E-state index contributed by atoms with van der Waals surface area (Å²) in [4.78, 5) is 14.8. The van der Waals surface area contributed by atoms with E-state index in [1.165, 1.54) is 10.8 Å². The van der Waals surface area contributed by atoms with Gasteiger partial charge in [0.1, 0.15) is 11.2 Å². The molecule has 3 aromatic heterocycles. The van der Waals surface area contributed by atoms with Gasteiger partial charge in [-0.25, -0.2) is 15.0 Å². The lowest BCUT2D eigenvalue weighted by molar-refractivity contribution is 0.669. The smallest absolute Gasteiger partial charge is 0.164 e. The van der Waals surface area contributed by atoms with Crippen LogP contribution in [0.25, 0.3) is 94.7 Å². The lowest BCUT2D eigenvalue weighted by atomic mass is 10.0. The first-order valence-electron chi connectivity index (χ1n) is 16.7. The van der Waals surface area contributed by atoms with Gasteiger partial charge in [-0.1, -0.05) is 127 Å². The third-order valence-corrected chi connectivity index (χ3v) is 9.45. The van der Waals surface area contributed by atoms with Crippen LogP contribution in [0, 0.1) is 0 Å². The molecular weight excluding hydrogens is 613 g/mol. The molecule has 0 saturated heterocycles. The Balaban J connectivity index is 1.09. The molecule has 10 aromatic rings. The number of para-hydroxylation sites is 2. The quantitative estimate of drug-likeness (QED) is 0.188. The van der Waals surface area contributed by atoms with Gasteiger partial charge in [0.25, 0.3) is 0 Å². The van der Waals surface area contributed by atoms with Crippen molar-refractivity contribution in [3.63, 3.8) is 0 Å². The van der Waals surface area contributed by atoms with Gasteiger partial charge in [0, 0.05) is 38.5 Å². The molecule has 0 bridgehead atoms. The van der Waals surface area contributed by atoms with Crippen LogP contribution in [0.2, 0.25) is 0 Å². The first kappa shape index (κ1) is 28.2. The first-order valence-corrected chi connectivity index (χ1v) is 16.7. The second-order valence-electron chi connectivity index (χ2n) is 12.5. The molecule has 3 heterocycles. The van der Waals surface area contributed by atoms with E-state index < -0.39 is 0 Å². The average molecular weight is 641 g/mol. The van der Waals surface area contributed by atoms with Crippen LogP contribution in [0.1, 0.15) is 0 Å². The maximum atomic E-state index is 6.31. The minimum absolute atomic E-state index is 0.637. The average Bonchev–Trinajstić information content (AvgIpc) is 3.74. The Morgan fingerprint density at radius 3 is 1.68 bits per heavy atom. The number of benzene rings is 7. The number of hydrogen-bond donors (Lipinski definition) is 0. The van der Waals surface area contributed by atoms with Crippen molar-refractivity contribution in [1.82, 2.24) is 19.5 Å². The molecule has 0 aliphatic rings. The van der Waals surface area contributed by atoms with Gasteiger partial charge in [0.05, 0.1) is 16.4 Å². The Kier molecular flexibility index (Phi) is 6.42. The number of aromatic nitrogens is 4. The molecule has 0 atom stereocenters. The highest BCUT2D eigenvalue weighted by atomic mass is 16.3. The molecule has 0 aliphatic carbocycles. The number of furan rings is 1. The molecule has 0 fully saturated rings. The van der Waals surface area contributed by atoms with Crippen LogP contribution in [0.5, 0.6) is 0 Å². The lowest BCUT2D eigenvalue weighted by Gasteiger charge is -2.11. The molecule has 10 rings (SSSR count). The summed E-state index contributed by atoms with van der Waals surface area (Å²) in [5.41, 5.74) is 10.2. The van der Waals surface area contributed by atoms with Crippen molar-refractivity contribution in [3.05, 3.63) is 170 Å². The van der Waals surface area contributed by atoms with E-state index in [0.717, 1.165) is 66.5 Å². The number of fused-ring (bicyclic) bond motifs is 7. The zero-order chi connectivity index (χ0) is 33.0. The minimum atomic E-state index is 0.637. The first-order chi connectivity index (χ1) is 24.8. The molecule has 50 heavy (non-hydrogen) atoms. The van der Waals surface area contributed by atoms with E-state index in [1.54, 1.807) is 0 Å². The third kappa shape index (κ3) is 4.60. The molecule has 234 valence electrons. The van der Waals surface area contributed by atoms with Crippen LogP contribution >= 0.6 is 0 Å². The molecule has 0 unspecified atom stereocenters. The van der Waals surface area contributed by atoms with Crippen molar-refractivity contribution < 1.29 is 4.42 Å². The van der Waals surface area contributed by atoms with Crippen molar-refractivity contribution in [2.24, 2.45) is 0 Å². The second-order valence-corrected chi connectivity index (χ2v) is 12.5. The Bertz CT molecular complexity index is 2800. The lowest BCUT2D eigenvalue weighted by Crippen LogP contribution is -2.00. The maximum Gasteiger partial charge on any atom is 0.164 e. The number of hydrogen-bond acceptors (Lipinski definition) is 4. The van der Waals surface area contributed by atoms with Crippen LogP contribution < -0.4 is 0 Å². The van der Waals surface area contributed by atoms with Gasteiger partial charge in [-0.2, -0.15) is 0 Å². The largest absolute Gasteiger partial charge is 0.456 e. The van der Waals surface area contributed by atoms with Crippen molar-refractivity contribution in [3.8, 4) is 51.0 Å². The summed E-state index contributed by atoms with van der Waals surface area (Å²) in [5, 5.41) is 4.68. The van der Waals surface area contributed by atoms with Crippen molar-refractivity contribution in [2.75, 3.05) is 0 Å². The van der Waals surface area contributed by atoms with Crippen LogP contribution in [0.15, 0.2) is 174 Å². The zero-order valence-electron chi connectivity index (χ0n) is 26.9. The van der Waals surface area contributed by atoms with Gasteiger partial charge in [-0.05, 0) is 53.6 Å². The van der Waals surface area contributed by atoms with E-state index in [9.17, 15) is 0 Å². The zero-order valence-corrected chi connectivity index (χ0v) is 26.9. The van der Waals surface area contributed by atoms with Gasteiger partial charge < -0.3 is 8.98 Å². The van der Waals surface area contributed by atoms with E-state index in [2.05, 4.69) is 102 Å². The number of rotatable bonds is 5. The van der Waals surface area contributed by atoms with Crippen LogP contribution in [0.3, 0.4) is 0 Å². The summed E-state index contributed by atoms with van der Waals surface area (Å²) in [6, 6.07) is 58.6. The highest BCUT2D eigenvalue weighted by Crippen LogP contribution is 2.41. The van der Waals surface area contributed by atoms with Gasteiger partial charge in [0.2, 0.25) is 0 Å². The standard InChI is InChI=1S/C45H28N4O/c1-3-12-30(13-4-1)43-46-44(31-14-5-2-6-15-31)48-45(47-43)33-17-11-16-32(28-33)29-22-24-34(25-23-29)49-38-20-9-7-18-35(38)36-26-27-40-41(42(36)49)37-19-8-10-21-39(37)50-40/h1-28H. The third-order valence-electron chi connectivity index (χ3n) is 9.45. The second kappa shape index (κ2) is 11.4. The highest BCUT2D eigenvalue weighted by Gasteiger charge is 2.19. The van der Waals surface area contributed by atoms with Gasteiger partial charge >= 0.3 is 0 Å². The summed E-state index contributed by atoms with van der Waals surface area (Å²) < 4.78 is 8.68. The van der Waals surface area contributed by atoms with Crippen molar-refractivity contribution in [2.45, 2.75) is 0 Å². The van der Waals surface area contributed by atoms with E-state index in [-0.39, 0.29) is 0 Å². The molecule has 0 saturated carbocycles. The Hall–Kier alpha value is -6.85. The highest BCUT2D eigenvalue weighted by molar-refractivity contribution is 6.24. The topological polar surface area (TPSA) is 56.7 Å². The van der Waals surface area contributed by atoms with E-state index in [1.807, 2.05) is 72.8 Å². The fourth-order valence-corrected chi connectivity index (χ4v) is 7.11. The molecule has 0 N–H and O–H groups in total. The summed E-state index contributed by atoms with van der Waals surface area (Å²) in [5.74, 6) is 1.93. The molecule has 0 aliphatic heterocycles. The van der Waals surface area contributed by atoms with Crippen LogP contribution in [-0.2, 0) is 0 Å². The Morgan fingerprint density at radius 1 is 0.380 bits per heavy atom. The summed E-state index contributed by atoms with van der Waals surface area (Å²) in [7, 11) is 0. The van der Waals surface area contributed by atoms with Gasteiger partial charge in [-0.15, -0.1) is 0 Å². The van der Waals surface area contributed by atoms with Gasteiger partial charge in [0.15, 0.2) is 17.5 Å². The fraction of sp³-hybridized carbons (Fsp3) is 0. The minimum Gasteiger partial charge on any atom is -0.456 e. The Morgan fingerprint density at radius 2 is 0.960 bits per heavy atom. The number of nitrogens with zero attached hydrogens (tertiary/aromatic N) is 4. The van der Waals surface area contributed by atoms with E-state index in [0.29, 0.717) is 17.5 Å². The summed E-state index contributed by atoms with van der Waals surface area (Å²) in [6.07, 6.45) is 0. The summed E-state index contributed by atoms with van der Waals surface area (Å²) >= 11 is 0. The molecule has 5 nitrogen and oxygen atoms in total.